The van der Waals surface area contributed by atoms with Gasteiger partial charge in [0.1, 0.15) is 5.82 Å². The van der Waals surface area contributed by atoms with Crippen LogP contribution in [0.2, 0.25) is 0 Å². The van der Waals surface area contributed by atoms with Gasteiger partial charge in [-0.1, -0.05) is 26.8 Å². The van der Waals surface area contributed by atoms with Gasteiger partial charge in [0.2, 0.25) is 6.79 Å². The zero-order chi connectivity index (χ0) is 16.7. The molecule has 126 valence electrons. The molecule has 1 aromatic carbocycles. The molecule has 0 N–H and O–H groups in total. The summed E-state index contributed by atoms with van der Waals surface area (Å²) in [5.74, 6) is 2.61. The zero-order valence-electron chi connectivity index (χ0n) is 14.5. The SMILES string of the molecule is CC(C)(C)c1ncc2c(n1)CN(Cc1ccc3c(c1)OCO3)CC2. The van der Waals surface area contributed by atoms with Gasteiger partial charge >= 0.3 is 0 Å². The average molecular weight is 325 g/mol. The Hall–Kier alpha value is -2.14. The second-order valence-electron chi connectivity index (χ2n) is 7.56. The van der Waals surface area contributed by atoms with Gasteiger partial charge in [-0.2, -0.15) is 0 Å². The van der Waals surface area contributed by atoms with Crippen molar-refractivity contribution in [3.63, 3.8) is 0 Å². The van der Waals surface area contributed by atoms with E-state index in [9.17, 15) is 0 Å². The smallest absolute Gasteiger partial charge is 0.231 e. The summed E-state index contributed by atoms with van der Waals surface area (Å²) in [5, 5.41) is 0. The number of rotatable bonds is 2. The molecule has 5 heteroatoms. The van der Waals surface area contributed by atoms with Crippen LogP contribution in [0.15, 0.2) is 24.4 Å². The molecule has 0 unspecified atom stereocenters. The van der Waals surface area contributed by atoms with Gasteiger partial charge in [0.05, 0.1) is 5.69 Å². The molecular weight excluding hydrogens is 302 g/mol. The molecular formula is C19H23N3O2. The Bertz CT molecular complexity index is 768. The average Bonchev–Trinajstić information content (AvgIpc) is 3.01. The van der Waals surface area contributed by atoms with Crippen LogP contribution in [0.1, 0.15) is 43.4 Å². The molecule has 0 radical (unpaired) electrons. The van der Waals surface area contributed by atoms with Crippen LogP contribution in [0.5, 0.6) is 11.5 Å². The number of hydrogen-bond donors (Lipinski definition) is 0. The van der Waals surface area contributed by atoms with Crippen molar-refractivity contribution in [3.8, 4) is 11.5 Å². The Morgan fingerprint density at radius 3 is 2.83 bits per heavy atom. The minimum Gasteiger partial charge on any atom is -0.454 e. The predicted molar refractivity (Wildman–Crippen MR) is 91.1 cm³/mol. The first-order valence-corrected chi connectivity index (χ1v) is 8.45. The van der Waals surface area contributed by atoms with Gasteiger partial charge in [0.25, 0.3) is 0 Å². The standard InChI is InChI=1S/C19H23N3O2/c1-19(2,3)18-20-9-14-6-7-22(11-15(14)21-18)10-13-4-5-16-17(8-13)24-12-23-16/h4-5,8-9H,6-7,10-12H2,1-3H3. The molecule has 0 saturated heterocycles. The first-order valence-electron chi connectivity index (χ1n) is 8.45. The molecule has 5 nitrogen and oxygen atoms in total. The Labute approximate surface area is 142 Å². The van der Waals surface area contributed by atoms with Crippen LogP contribution in [0.25, 0.3) is 0 Å². The molecule has 0 aliphatic carbocycles. The fourth-order valence-electron chi connectivity index (χ4n) is 3.15. The third-order valence-electron chi connectivity index (χ3n) is 4.54. The maximum atomic E-state index is 5.48. The molecule has 3 heterocycles. The predicted octanol–water partition coefficient (Wildman–Crippen LogP) is 3.06. The van der Waals surface area contributed by atoms with Crippen LogP contribution in [-0.4, -0.2) is 28.2 Å². The first-order chi connectivity index (χ1) is 11.5. The van der Waals surface area contributed by atoms with Crippen LogP contribution < -0.4 is 9.47 Å². The summed E-state index contributed by atoms with van der Waals surface area (Å²) in [6.45, 7) is 9.58. The topological polar surface area (TPSA) is 47.5 Å². The Morgan fingerprint density at radius 1 is 1.17 bits per heavy atom. The molecule has 2 aromatic rings. The van der Waals surface area contributed by atoms with Crippen LogP contribution in [0.4, 0.5) is 0 Å². The molecule has 0 saturated carbocycles. The maximum Gasteiger partial charge on any atom is 0.231 e. The summed E-state index contributed by atoms with van der Waals surface area (Å²) < 4.78 is 10.9. The van der Waals surface area contributed by atoms with E-state index in [0.29, 0.717) is 6.79 Å². The molecule has 0 spiro atoms. The van der Waals surface area contributed by atoms with E-state index in [1.165, 1.54) is 16.8 Å². The number of fused-ring (bicyclic) bond motifs is 2. The van der Waals surface area contributed by atoms with E-state index in [1.807, 2.05) is 12.3 Å². The third kappa shape index (κ3) is 2.96. The van der Waals surface area contributed by atoms with Crippen LogP contribution >= 0.6 is 0 Å². The van der Waals surface area contributed by atoms with Gasteiger partial charge in [-0.15, -0.1) is 0 Å². The van der Waals surface area contributed by atoms with E-state index >= 15 is 0 Å². The zero-order valence-corrected chi connectivity index (χ0v) is 14.5. The lowest BCUT2D eigenvalue weighted by Crippen LogP contribution is -2.32. The summed E-state index contributed by atoms with van der Waals surface area (Å²) in [6.07, 6.45) is 3.02. The quantitative estimate of drug-likeness (QED) is 0.849. The summed E-state index contributed by atoms with van der Waals surface area (Å²) in [5.41, 5.74) is 3.67. The summed E-state index contributed by atoms with van der Waals surface area (Å²) in [7, 11) is 0. The van der Waals surface area contributed by atoms with Gasteiger partial charge in [0.15, 0.2) is 11.5 Å². The molecule has 2 aliphatic rings. The van der Waals surface area contributed by atoms with Crippen molar-refractivity contribution in [1.82, 2.24) is 14.9 Å². The molecule has 4 rings (SSSR count). The number of ether oxygens (including phenoxy) is 2. The second kappa shape index (κ2) is 5.74. The van der Waals surface area contributed by atoms with Crippen LogP contribution in [-0.2, 0) is 24.9 Å². The van der Waals surface area contributed by atoms with E-state index in [1.54, 1.807) is 0 Å². The summed E-state index contributed by atoms with van der Waals surface area (Å²) in [6, 6.07) is 6.19. The van der Waals surface area contributed by atoms with Gasteiger partial charge in [-0.05, 0) is 29.7 Å². The number of aromatic nitrogens is 2. The van der Waals surface area contributed by atoms with E-state index < -0.39 is 0 Å². The lowest BCUT2D eigenvalue weighted by Gasteiger charge is -2.29. The van der Waals surface area contributed by atoms with Crippen molar-refractivity contribution in [3.05, 3.63) is 47.0 Å². The minimum atomic E-state index is -0.0192. The Morgan fingerprint density at radius 2 is 2.00 bits per heavy atom. The van der Waals surface area contributed by atoms with Crippen LogP contribution in [0, 0.1) is 0 Å². The van der Waals surface area contributed by atoms with E-state index in [4.69, 9.17) is 14.5 Å². The van der Waals surface area contributed by atoms with Crippen molar-refractivity contribution in [1.29, 1.82) is 0 Å². The molecule has 0 amide bonds. The number of benzene rings is 1. The van der Waals surface area contributed by atoms with E-state index in [0.717, 1.165) is 43.4 Å². The molecule has 0 atom stereocenters. The largest absolute Gasteiger partial charge is 0.454 e. The number of nitrogens with zero attached hydrogens (tertiary/aromatic N) is 3. The Balaban J connectivity index is 1.51. The molecule has 1 aromatic heterocycles. The van der Waals surface area contributed by atoms with Crippen molar-refractivity contribution in [2.24, 2.45) is 0 Å². The van der Waals surface area contributed by atoms with Gasteiger partial charge in [-0.3, -0.25) is 4.90 Å². The first kappa shape index (κ1) is 15.4. The second-order valence-corrected chi connectivity index (χ2v) is 7.56. The molecule has 2 aliphatic heterocycles. The van der Waals surface area contributed by atoms with Crippen molar-refractivity contribution < 1.29 is 9.47 Å². The fraction of sp³-hybridized carbons (Fsp3) is 0.474. The summed E-state index contributed by atoms with van der Waals surface area (Å²) >= 11 is 0. The highest BCUT2D eigenvalue weighted by Crippen LogP contribution is 2.33. The van der Waals surface area contributed by atoms with Gasteiger partial charge < -0.3 is 9.47 Å². The molecule has 0 bridgehead atoms. The number of hydrogen-bond acceptors (Lipinski definition) is 5. The minimum absolute atomic E-state index is 0.0192. The highest BCUT2D eigenvalue weighted by Gasteiger charge is 2.23. The molecule has 0 fully saturated rings. The van der Waals surface area contributed by atoms with Gasteiger partial charge in [-0.25, -0.2) is 9.97 Å². The summed E-state index contributed by atoms with van der Waals surface area (Å²) in [4.78, 5) is 11.8. The van der Waals surface area contributed by atoms with Gasteiger partial charge in [0, 0.05) is 31.2 Å². The van der Waals surface area contributed by atoms with Crippen molar-refractivity contribution >= 4 is 0 Å². The highest BCUT2D eigenvalue weighted by molar-refractivity contribution is 5.44. The Kier molecular flexibility index (Phi) is 3.68. The normalized spacial score (nSPS) is 17.0. The highest BCUT2D eigenvalue weighted by atomic mass is 16.7. The van der Waals surface area contributed by atoms with E-state index in [-0.39, 0.29) is 5.41 Å². The maximum absolute atomic E-state index is 5.48. The van der Waals surface area contributed by atoms with Crippen LogP contribution in [0.3, 0.4) is 0 Å². The molecule has 24 heavy (non-hydrogen) atoms. The fourth-order valence-corrected chi connectivity index (χ4v) is 3.15. The van der Waals surface area contributed by atoms with Crippen molar-refractivity contribution in [2.75, 3.05) is 13.3 Å². The lowest BCUT2D eigenvalue weighted by molar-refractivity contribution is 0.174. The monoisotopic (exact) mass is 325 g/mol. The third-order valence-corrected chi connectivity index (χ3v) is 4.54. The lowest BCUT2D eigenvalue weighted by atomic mass is 9.95. The van der Waals surface area contributed by atoms with E-state index in [2.05, 4.69) is 42.8 Å². The van der Waals surface area contributed by atoms with Crippen molar-refractivity contribution in [2.45, 2.75) is 45.7 Å².